The van der Waals surface area contributed by atoms with Gasteiger partial charge in [-0.15, -0.1) is 0 Å². The summed E-state index contributed by atoms with van der Waals surface area (Å²) in [6.45, 7) is 3.05. The van der Waals surface area contributed by atoms with Crippen LogP contribution in [0.1, 0.15) is 31.4 Å². The van der Waals surface area contributed by atoms with Crippen LogP contribution in [0.5, 0.6) is 0 Å². The minimum atomic E-state index is -3.84. The number of rotatable bonds is 12. The van der Waals surface area contributed by atoms with Crippen molar-refractivity contribution in [2.45, 2.75) is 45.3 Å². The van der Waals surface area contributed by atoms with Gasteiger partial charge in [0, 0.05) is 24.6 Å². The first kappa shape index (κ1) is 28.8. The molecule has 202 valence electrons. The number of amides is 2. The third-order valence-corrected chi connectivity index (χ3v) is 7.43. The van der Waals surface area contributed by atoms with Crippen molar-refractivity contribution in [2.24, 2.45) is 0 Å². The Kier molecular flexibility index (Phi) is 10.0. The number of anilines is 1. The number of nitrogens with one attached hydrogen (secondary N) is 1. The first-order valence-corrected chi connectivity index (χ1v) is 14.3. The van der Waals surface area contributed by atoms with E-state index in [0.717, 1.165) is 16.1 Å². The lowest BCUT2D eigenvalue weighted by molar-refractivity contribution is -0.140. The summed E-state index contributed by atoms with van der Waals surface area (Å²) in [4.78, 5) is 28.7. The minimum Gasteiger partial charge on any atom is -0.352 e. The number of halogens is 1. The standard InChI is InChI=1S/C29H34FN3O4S/c1-4-22(2)31-29(35)27(19-23-13-7-5-8-14-23)32(20-24-15-11-12-18-26(24)30)28(34)21-33(38(3,36)37)25-16-9-6-10-17-25/h5-18,22,27H,4,19-21H2,1-3H3,(H,31,35)/t22-,27+/m0/s1. The molecule has 2 amide bonds. The summed E-state index contributed by atoms with van der Waals surface area (Å²) in [5.41, 5.74) is 1.35. The monoisotopic (exact) mass is 539 g/mol. The van der Waals surface area contributed by atoms with Crippen molar-refractivity contribution in [2.75, 3.05) is 17.1 Å². The first-order valence-electron chi connectivity index (χ1n) is 12.5. The van der Waals surface area contributed by atoms with E-state index in [1.165, 1.54) is 11.0 Å². The molecule has 0 aliphatic rings. The fourth-order valence-electron chi connectivity index (χ4n) is 4.01. The zero-order valence-electron chi connectivity index (χ0n) is 21.9. The molecule has 0 fully saturated rings. The van der Waals surface area contributed by atoms with Crippen LogP contribution in [0.4, 0.5) is 10.1 Å². The molecule has 0 saturated heterocycles. The number of para-hydroxylation sites is 1. The van der Waals surface area contributed by atoms with Crippen LogP contribution in [0.2, 0.25) is 0 Å². The molecule has 0 aromatic heterocycles. The maximum absolute atomic E-state index is 14.7. The molecule has 0 bridgehead atoms. The zero-order valence-corrected chi connectivity index (χ0v) is 22.7. The van der Waals surface area contributed by atoms with Crippen LogP contribution in [0.25, 0.3) is 0 Å². The molecule has 0 heterocycles. The fourth-order valence-corrected chi connectivity index (χ4v) is 4.86. The van der Waals surface area contributed by atoms with Gasteiger partial charge in [-0.3, -0.25) is 13.9 Å². The second kappa shape index (κ2) is 13.2. The highest BCUT2D eigenvalue weighted by molar-refractivity contribution is 7.92. The van der Waals surface area contributed by atoms with E-state index in [-0.39, 0.29) is 24.6 Å². The predicted octanol–water partition coefficient (Wildman–Crippen LogP) is 4.15. The summed E-state index contributed by atoms with van der Waals surface area (Å²) in [6, 6.07) is 22.4. The highest BCUT2D eigenvalue weighted by Crippen LogP contribution is 2.21. The summed E-state index contributed by atoms with van der Waals surface area (Å²) in [5, 5.41) is 2.94. The Balaban J connectivity index is 2.05. The predicted molar refractivity (Wildman–Crippen MR) is 147 cm³/mol. The Bertz CT molecular complexity index is 1320. The number of benzene rings is 3. The van der Waals surface area contributed by atoms with Crippen molar-refractivity contribution in [3.8, 4) is 0 Å². The van der Waals surface area contributed by atoms with Gasteiger partial charge in [0.2, 0.25) is 21.8 Å². The van der Waals surface area contributed by atoms with Gasteiger partial charge in [-0.25, -0.2) is 12.8 Å². The molecule has 0 saturated carbocycles. The Morgan fingerprint density at radius 3 is 2.08 bits per heavy atom. The number of carbonyl (C=O) groups is 2. The Morgan fingerprint density at radius 1 is 0.921 bits per heavy atom. The molecule has 0 unspecified atom stereocenters. The number of nitrogens with zero attached hydrogens (tertiary/aromatic N) is 2. The molecule has 7 nitrogen and oxygen atoms in total. The molecule has 0 aliphatic heterocycles. The summed E-state index contributed by atoms with van der Waals surface area (Å²) in [7, 11) is -3.84. The van der Waals surface area contributed by atoms with Gasteiger partial charge in [0.05, 0.1) is 11.9 Å². The molecule has 0 aliphatic carbocycles. The molecular weight excluding hydrogens is 505 g/mol. The van der Waals surface area contributed by atoms with Gasteiger partial charge in [0.1, 0.15) is 18.4 Å². The third kappa shape index (κ3) is 7.89. The first-order chi connectivity index (χ1) is 18.1. The van der Waals surface area contributed by atoms with E-state index in [9.17, 15) is 22.4 Å². The van der Waals surface area contributed by atoms with Crippen LogP contribution >= 0.6 is 0 Å². The Labute approximate surface area is 224 Å². The van der Waals surface area contributed by atoms with Crippen molar-refractivity contribution in [3.63, 3.8) is 0 Å². The van der Waals surface area contributed by atoms with Crippen molar-refractivity contribution < 1.29 is 22.4 Å². The summed E-state index contributed by atoms with van der Waals surface area (Å²) in [6.07, 6.45) is 1.88. The smallest absolute Gasteiger partial charge is 0.244 e. The maximum Gasteiger partial charge on any atom is 0.244 e. The van der Waals surface area contributed by atoms with Gasteiger partial charge in [-0.1, -0.05) is 73.7 Å². The van der Waals surface area contributed by atoms with E-state index >= 15 is 0 Å². The normalized spacial score (nSPS) is 12.8. The molecule has 9 heteroatoms. The topological polar surface area (TPSA) is 86.8 Å². The third-order valence-electron chi connectivity index (χ3n) is 6.29. The van der Waals surface area contributed by atoms with E-state index in [0.29, 0.717) is 12.1 Å². The number of sulfonamides is 1. The average Bonchev–Trinajstić information content (AvgIpc) is 2.90. The van der Waals surface area contributed by atoms with Crippen LogP contribution < -0.4 is 9.62 Å². The number of hydrogen-bond donors (Lipinski definition) is 1. The van der Waals surface area contributed by atoms with Crippen molar-refractivity contribution in [3.05, 3.63) is 102 Å². The lowest BCUT2D eigenvalue weighted by atomic mass is 10.0. The fraction of sp³-hybridized carbons (Fsp3) is 0.310. The number of hydrogen-bond acceptors (Lipinski definition) is 4. The van der Waals surface area contributed by atoms with Crippen molar-refractivity contribution in [1.29, 1.82) is 0 Å². The quantitative estimate of drug-likeness (QED) is 0.375. The second-order valence-corrected chi connectivity index (χ2v) is 11.1. The largest absolute Gasteiger partial charge is 0.352 e. The summed E-state index contributed by atoms with van der Waals surface area (Å²) < 4.78 is 41.1. The van der Waals surface area contributed by atoms with Crippen LogP contribution in [-0.2, 0) is 32.6 Å². The van der Waals surface area contributed by atoms with E-state index < -0.39 is 40.2 Å². The van der Waals surface area contributed by atoms with Crippen LogP contribution in [0, 0.1) is 5.82 Å². The Morgan fingerprint density at radius 2 is 1.50 bits per heavy atom. The minimum absolute atomic E-state index is 0.150. The molecular formula is C29H34FN3O4S. The van der Waals surface area contributed by atoms with Crippen molar-refractivity contribution in [1.82, 2.24) is 10.2 Å². The van der Waals surface area contributed by atoms with Crippen LogP contribution in [-0.4, -0.2) is 50.0 Å². The molecule has 0 spiro atoms. The molecule has 1 N–H and O–H groups in total. The highest BCUT2D eigenvalue weighted by atomic mass is 32.2. The van der Waals surface area contributed by atoms with Gasteiger partial charge in [-0.05, 0) is 37.1 Å². The highest BCUT2D eigenvalue weighted by Gasteiger charge is 2.33. The average molecular weight is 540 g/mol. The van der Waals surface area contributed by atoms with E-state index in [1.54, 1.807) is 48.5 Å². The van der Waals surface area contributed by atoms with Crippen LogP contribution in [0.3, 0.4) is 0 Å². The van der Waals surface area contributed by atoms with Crippen LogP contribution in [0.15, 0.2) is 84.9 Å². The molecule has 3 rings (SSSR count). The SMILES string of the molecule is CC[C@H](C)NC(=O)[C@@H](Cc1ccccc1)N(Cc1ccccc1F)C(=O)CN(c1ccccc1)S(C)(=O)=O. The zero-order chi connectivity index (χ0) is 27.7. The number of carbonyl (C=O) groups excluding carboxylic acids is 2. The molecule has 38 heavy (non-hydrogen) atoms. The molecule has 3 aromatic rings. The van der Waals surface area contributed by atoms with Gasteiger partial charge < -0.3 is 10.2 Å². The van der Waals surface area contributed by atoms with E-state index in [2.05, 4.69) is 5.32 Å². The van der Waals surface area contributed by atoms with E-state index in [4.69, 9.17) is 0 Å². The van der Waals surface area contributed by atoms with Gasteiger partial charge in [-0.2, -0.15) is 0 Å². The summed E-state index contributed by atoms with van der Waals surface area (Å²) in [5.74, 6) is -1.53. The Hall–Kier alpha value is -3.72. The second-order valence-electron chi connectivity index (χ2n) is 9.24. The van der Waals surface area contributed by atoms with E-state index in [1.807, 2.05) is 44.2 Å². The van der Waals surface area contributed by atoms with Gasteiger partial charge in [0.25, 0.3) is 0 Å². The lowest BCUT2D eigenvalue weighted by Gasteiger charge is -2.34. The van der Waals surface area contributed by atoms with Gasteiger partial charge >= 0.3 is 0 Å². The molecule has 0 radical (unpaired) electrons. The maximum atomic E-state index is 14.7. The van der Waals surface area contributed by atoms with Crippen molar-refractivity contribution >= 4 is 27.5 Å². The van der Waals surface area contributed by atoms with Gasteiger partial charge in [0.15, 0.2) is 0 Å². The summed E-state index contributed by atoms with van der Waals surface area (Å²) >= 11 is 0. The molecule has 3 aromatic carbocycles. The molecule has 2 atom stereocenters. The lowest BCUT2D eigenvalue weighted by Crippen LogP contribution is -2.54.